The van der Waals surface area contributed by atoms with E-state index in [0.717, 1.165) is 16.9 Å². The van der Waals surface area contributed by atoms with Crippen LogP contribution < -0.4 is 14.8 Å². The standard InChI is InChI=1S/C20H19F3N2O4S/c1-12(28-10-13-4-3-5-14(8-13)27-2)18(26)25-19-24-16-7-6-15(9-17(16)30-19)29-11-20(21,22)23/h3-9,12H,10-11H2,1-2H3,(H,24,25,26). The number of rotatable bonds is 8. The molecule has 1 unspecified atom stereocenters. The van der Waals surface area contributed by atoms with Gasteiger partial charge in [-0.2, -0.15) is 13.2 Å². The number of carbonyl (C=O) groups excluding carboxylic acids is 1. The van der Waals surface area contributed by atoms with Gasteiger partial charge in [0.05, 0.1) is 23.9 Å². The summed E-state index contributed by atoms with van der Waals surface area (Å²) in [6.07, 6.45) is -5.16. The largest absolute Gasteiger partial charge is 0.497 e. The monoisotopic (exact) mass is 440 g/mol. The van der Waals surface area contributed by atoms with E-state index in [2.05, 4.69) is 10.3 Å². The summed E-state index contributed by atoms with van der Waals surface area (Å²) in [5.41, 5.74) is 1.40. The quantitative estimate of drug-likeness (QED) is 0.546. The van der Waals surface area contributed by atoms with Crippen molar-refractivity contribution in [1.82, 2.24) is 4.98 Å². The minimum absolute atomic E-state index is 0.0799. The van der Waals surface area contributed by atoms with Crippen LogP contribution in [0.1, 0.15) is 12.5 Å². The Bertz CT molecular complexity index is 1020. The van der Waals surface area contributed by atoms with Gasteiger partial charge in [-0.25, -0.2) is 4.98 Å². The SMILES string of the molecule is COc1cccc(COC(C)C(=O)Nc2nc3ccc(OCC(F)(F)F)cc3s2)c1. The van der Waals surface area contributed by atoms with Gasteiger partial charge in [-0.15, -0.1) is 0 Å². The maximum atomic E-state index is 12.4. The molecule has 3 aromatic rings. The topological polar surface area (TPSA) is 69.7 Å². The van der Waals surface area contributed by atoms with E-state index < -0.39 is 18.9 Å². The van der Waals surface area contributed by atoms with Crippen molar-refractivity contribution in [1.29, 1.82) is 0 Å². The van der Waals surface area contributed by atoms with E-state index in [0.29, 0.717) is 21.1 Å². The lowest BCUT2D eigenvalue weighted by Crippen LogP contribution is -2.27. The first-order chi connectivity index (χ1) is 14.2. The summed E-state index contributed by atoms with van der Waals surface area (Å²) in [4.78, 5) is 16.6. The van der Waals surface area contributed by atoms with E-state index in [9.17, 15) is 18.0 Å². The summed E-state index contributed by atoms with van der Waals surface area (Å²) >= 11 is 1.13. The Kier molecular flexibility index (Phi) is 6.78. The summed E-state index contributed by atoms with van der Waals surface area (Å²) in [5.74, 6) is 0.392. The molecule has 3 rings (SSSR count). The van der Waals surface area contributed by atoms with Crippen molar-refractivity contribution in [3.05, 3.63) is 48.0 Å². The zero-order valence-electron chi connectivity index (χ0n) is 16.2. The molecular weight excluding hydrogens is 421 g/mol. The fourth-order valence-corrected chi connectivity index (χ4v) is 3.38. The Morgan fingerprint density at radius 2 is 2.00 bits per heavy atom. The number of alkyl halides is 3. The molecule has 0 aliphatic heterocycles. The molecule has 30 heavy (non-hydrogen) atoms. The minimum atomic E-state index is -4.41. The highest BCUT2D eigenvalue weighted by Crippen LogP contribution is 2.30. The van der Waals surface area contributed by atoms with Gasteiger partial charge in [0, 0.05) is 0 Å². The average Bonchev–Trinajstić information content (AvgIpc) is 3.11. The van der Waals surface area contributed by atoms with Gasteiger partial charge in [0.15, 0.2) is 11.7 Å². The second-order valence-electron chi connectivity index (χ2n) is 6.35. The van der Waals surface area contributed by atoms with Gasteiger partial charge in [0.2, 0.25) is 0 Å². The molecule has 10 heteroatoms. The fraction of sp³-hybridized carbons (Fsp3) is 0.300. The van der Waals surface area contributed by atoms with Crippen LogP contribution in [0.25, 0.3) is 10.2 Å². The van der Waals surface area contributed by atoms with Gasteiger partial charge in [0.25, 0.3) is 5.91 Å². The Hall–Kier alpha value is -2.85. The average molecular weight is 440 g/mol. The zero-order chi connectivity index (χ0) is 21.7. The summed E-state index contributed by atoms with van der Waals surface area (Å²) < 4.78 is 52.9. The third-order valence-corrected chi connectivity index (χ3v) is 4.93. The van der Waals surface area contributed by atoms with E-state index in [1.54, 1.807) is 14.0 Å². The molecule has 0 aliphatic carbocycles. The number of benzene rings is 2. The first-order valence-electron chi connectivity index (χ1n) is 8.89. The van der Waals surface area contributed by atoms with E-state index >= 15 is 0 Å². The van der Waals surface area contributed by atoms with Gasteiger partial charge in [0.1, 0.15) is 17.6 Å². The molecule has 1 amide bonds. The van der Waals surface area contributed by atoms with Gasteiger partial charge < -0.3 is 14.2 Å². The summed E-state index contributed by atoms with van der Waals surface area (Å²) in [6, 6.07) is 11.7. The molecule has 1 atom stereocenters. The lowest BCUT2D eigenvalue weighted by molar-refractivity contribution is -0.153. The van der Waals surface area contributed by atoms with Crippen molar-refractivity contribution in [2.75, 3.05) is 19.0 Å². The van der Waals surface area contributed by atoms with Crippen LogP contribution in [0.4, 0.5) is 18.3 Å². The van der Waals surface area contributed by atoms with Crippen LogP contribution in [0.15, 0.2) is 42.5 Å². The number of nitrogens with zero attached hydrogens (tertiary/aromatic N) is 1. The number of hydrogen-bond acceptors (Lipinski definition) is 6. The van der Waals surface area contributed by atoms with Crippen molar-refractivity contribution in [2.45, 2.75) is 25.8 Å². The van der Waals surface area contributed by atoms with Crippen LogP contribution in [0.2, 0.25) is 0 Å². The molecule has 1 N–H and O–H groups in total. The number of aromatic nitrogens is 1. The molecule has 0 radical (unpaired) electrons. The number of halogens is 3. The first kappa shape index (κ1) is 21.8. The molecular formula is C20H19F3N2O4S. The Morgan fingerprint density at radius 1 is 1.20 bits per heavy atom. The first-order valence-corrected chi connectivity index (χ1v) is 9.71. The van der Waals surface area contributed by atoms with Crippen molar-refractivity contribution in [2.24, 2.45) is 0 Å². The molecule has 0 saturated carbocycles. The Morgan fingerprint density at radius 3 is 2.73 bits per heavy atom. The van der Waals surface area contributed by atoms with Crippen molar-refractivity contribution in [3.63, 3.8) is 0 Å². The number of thiazole rings is 1. The molecule has 1 heterocycles. The highest BCUT2D eigenvalue weighted by atomic mass is 32.1. The number of carbonyl (C=O) groups is 1. The number of nitrogens with one attached hydrogen (secondary N) is 1. The van der Waals surface area contributed by atoms with Crippen molar-refractivity contribution in [3.8, 4) is 11.5 Å². The second-order valence-corrected chi connectivity index (χ2v) is 7.38. The maximum absolute atomic E-state index is 12.4. The highest BCUT2D eigenvalue weighted by molar-refractivity contribution is 7.22. The van der Waals surface area contributed by atoms with E-state index in [1.165, 1.54) is 18.2 Å². The van der Waals surface area contributed by atoms with Crippen molar-refractivity contribution >= 4 is 32.6 Å². The Labute approximate surface area is 174 Å². The summed E-state index contributed by atoms with van der Waals surface area (Å²) in [5, 5.41) is 2.98. The molecule has 0 bridgehead atoms. The number of methoxy groups -OCH3 is 1. The third-order valence-electron chi connectivity index (χ3n) is 4.00. The third kappa shape index (κ3) is 6.07. The second kappa shape index (κ2) is 9.31. The number of ether oxygens (including phenoxy) is 3. The number of anilines is 1. The van der Waals surface area contributed by atoms with Crippen LogP contribution >= 0.6 is 11.3 Å². The molecule has 0 saturated heterocycles. The maximum Gasteiger partial charge on any atom is 0.422 e. The smallest absolute Gasteiger partial charge is 0.422 e. The molecule has 6 nitrogen and oxygen atoms in total. The predicted molar refractivity (Wildman–Crippen MR) is 107 cm³/mol. The van der Waals surface area contributed by atoms with Crippen LogP contribution in [-0.4, -0.2) is 36.9 Å². The van der Waals surface area contributed by atoms with Gasteiger partial charge in [-0.3, -0.25) is 10.1 Å². The number of hydrogen-bond donors (Lipinski definition) is 1. The summed E-state index contributed by atoms with van der Waals surface area (Å²) in [6.45, 7) is 0.473. The van der Waals surface area contributed by atoms with Crippen LogP contribution in [0.5, 0.6) is 11.5 Å². The lowest BCUT2D eigenvalue weighted by atomic mass is 10.2. The molecule has 0 fully saturated rings. The molecule has 0 aliphatic rings. The fourth-order valence-electron chi connectivity index (χ4n) is 2.48. The molecule has 1 aromatic heterocycles. The normalized spacial score (nSPS) is 12.6. The molecule has 2 aromatic carbocycles. The Balaban J connectivity index is 1.58. The number of amides is 1. The van der Waals surface area contributed by atoms with Gasteiger partial charge in [-0.05, 0) is 42.8 Å². The predicted octanol–water partition coefficient (Wildman–Crippen LogP) is 4.79. The molecule has 160 valence electrons. The minimum Gasteiger partial charge on any atom is -0.497 e. The van der Waals surface area contributed by atoms with Crippen LogP contribution in [0.3, 0.4) is 0 Å². The van der Waals surface area contributed by atoms with E-state index in [-0.39, 0.29) is 18.3 Å². The van der Waals surface area contributed by atoms with Crippen LogP contribution in [-0.2, 0) is 16.1 Å². The summed E-state index contributed by atoms with van der Waals surface area (Å²) in [7, 11) is 1.57. The van der Waals surface area contributed by atoms with Crippen molar-refractivity contribution < 1.29 is 32.2 Å². The van der Waals surface area contributed by atoms with Gasteiger partial charge in [-0.1, -0.05) is 23.5 Å². The zero-order valence-corrected chi connectivity index (χ0v) is 17.0. The van der Waals surface area contributed by atoms with Gasteiger partial charge >= 0.3 is 6.18 Å². The lowest BCUT2D eigenvalue weighted by Gasteiger charge is -2.12. The highest BCUT2D eigenvalue weighted by Gasteiger charge is 2.28. The molecule has 0 spiro atoms. The van der Waals surface area contributed by atoms with E-state index in [1.807, 2.05) is 24.3 Å². The number of fused-ring (bicyclic) bond motifs is 1. The van der Waals surface area contributed by atoms with Crippen LogP contribution in [0, 0.1) is 0 Å². The van der Waals surface area contributed by atoms with E-state index in [4.69, 9.17) is 14.2 Å².